The van der Waals surface area contributed by atoms with Gasteiger partial charge >= 0.3 is 0 Å². The first-order chi connectivity index (χ1) is 11.7. The SMILES string of the molecule is CCCN1CCC(CNC(=NC)NCCc2ccc(OC)cc2)C1.I. The predicted octanol–water partition coefficient (Wildman–Crippen LogP) is 2.75. The standard InChI is InChI=1S/C19H32N4O.HI/c1-4-12-23-13-10-17(15-23)14-22-19(20-2)21-11-9-16-5-7-18(24-3)8-6-16;/h5-8,17H,4,9-15H2,1-3H3,(H2,20,21,22);1H. The summed E-state index contributed by atoms with van der Waals surface area (Å²) < 4.78 is 5.18. The molecule has 0 aliphatic carbocycles. The molecule has 1 aromatic carbocycles. The van der Waals surface area contributed by atoms with E-state index in [1.807, 2.05) is 19.2 Å². The molecule has 0 bridgehead atoms. The van der Waals surface area contributed by atoms with Crippen LogP contribution in [0.2, 0.25) is 0 Å². The fourth-order valence-corrected chi connectivity index (χ4v) is 3.18. The molecule has 1 atom stereocenters. The third-order valence-electron chi connectivity index (χ3n) is 4.56. The summed E-state index contributed by atoms with van der Waals surface area (Å²) in [5.74, 6) is 2.53. The highest BCUT2D eigenvalue weighted by Crippen LogP contribution is 2.15. The molecule has 25 heavy (non-hydrogen) atoms. The first kappa shape index (κ1) is 22.0. The van der Waals surface area contributed by atoms with E-state index in [9.17, 15) is 0 Å². The minimum absolute atomic E-state index is 0. The van der Waals surface area contributed by atoms with Crippen molar-refractivity contribution in [3.05, 3.63) is 29.8 Å². The zero-order valence-corrected chi connectivity index (χ0v) is 18.1. The van der Waals surface area contributed by atoms with E-state index >= 15 is 0 Å². The molecule has 0 saturated carbocycles. The molecule has 0 spiro atoms. The Kier molecular flexibility index (Phi) is 10.9. The summed E-state index contributed by atoms with van der Waals surface area (Å²) in [7, 11) is 3.53. The minimum Gasteiger partial charge on any atom is -0.497 e. The first-order valence-corrected chi connectivity index (χ1v) is 9.05. The summed E-state index contributed by atoms with van der Waals surface area (Å²) in [5.41, 5.74) is 1.30. The highest BCUT2D eigenvalue weighted by Gasteiger charge is 2.21. The second kappa shape index (κ2) is 12.4. The molecular formula is C19H33IN4O. The number of nitrogens with one attached hydrogen (secondary N) is 2. The fourth-order valence-electron chi connectivity index (χ4n) is 3.18. The zero-order chi connectivity index (χ0) is 17.2. The average Bonchev–Trinajstić information content (AvgIpc) is 3.06. The van der Waals surface area contributed by atoms with Crippen LogP contribution in [0.4, 0.5) is 0 Å². The Bertz CT molecular complexity index is 507. The number of ether oxygens (including phenoxy) is 1. The number of hydrogen-bond donors (Lipinski definition) is 2. The van der Waals surface area contributed by atoms with Gasteiger partial charge in [0.2, 0.25) is 0 Å². The molecule has 1 aliphatic heterocycles. The summed E-state index contributed by atoms with van der Waals surface area (Å²) in [4.78, 5) is 6.89. The third-order valence-corrected chi connectivity index (χ3v) is 4.56. The second-order valence-corrected chi connectivity index (χ2v) is 6.43. The average molecular weight is 460 g/mol. The Labute approximate surface area is 169 Å². The van der Waals surface area contributed by atoms with Crippen molar-refractivity contribution in [3.63, 3.8) is 0 Å². The highest BCUT2D eigenvalue weighted by atomic mass is 127. The van der Waals surface area contributed by atoms with Gasteiger partial charge in [0.05, 0.1) is 7.11 Å². The van der Waals surface area contributed by atoms with Crippen LogP contribution in [0.3, 0.4) is 0 Å². The van der Waals surface area contributed by atoms with Gasteiger partial charge in [-0.05, 0) is 56.0 Å². The van der Waals surface area contributed by atoms with Crippen LogP contribution in [0, 0.1) is 5.92 Å². The Balaban J connectivity index is 0.00000312. The highest BCUT2D eigenvalue weighted by molar-refractivity contribution is 14.0. The summed E-state index contributed by atoms with van der Waals surface area (Å²) >= 11 is 0. The molecule has 142 valence electrons. The van der Waals surface area contributed by atoms with Gasteiger partial charge in [0, 0.05) is 26.7 Å². The van der Waals surface area contributed by atoms with E-state index in [4.69, 9.17) is 4.74 Å². The maximum absolute atomic E-state index is 5.18. The van der Waals surface area contributed by atoms with Crippen molar-refractivity contribution in [2.45, 2.75) is 26.2 Å². The van der Waals surface area contributed by atoms with Crippen LogP contribution in [-0.4, -0.2) is 57.7 Å². The van der Waals surface area contributed by atoms with Crippen molar-refractivity contribution in [1.29, 1.82) is 0 Å². The van der Waals surface area contributed by atoms with Crippen molar-refractivity contribution in [2.24, 2.45) is 10.9 Å². The number of guanidine groups is 1. The van der Waals surface area contributed by atoms with Crippen molar-refractivity contribution < 1.29 is 4.74 Å². The number of nitrogens with zero attached hydrogens (tertiary/aromatic N) is 2. The molecular weight excluding hydrogens is 427 g/mol. The minimum atomic E-state index is 0. The summed E-state index contributed by atoms with van der Waals surface area (Å²) in [6, 6.07) is 8.23. The molecule has 0 amide bonds. The van der Waals surface area contributed by atoms with Crippen LogP contribution in [0.15, 0.2) is 29.3 Å². The summed E-state index contributed by atoms with van der Waals surface area (Å²) in [5, 5.41) is 6.87. The quantitative estimate of drug-likeness (QED) is 0.356. The van der Waals surface area contributed by atoms with Crippen LogP contribution in [-0.2, 0) is 6.42 Å². The van der Waals surface area contributed by atoms with Gasteiger partial charge in [-0.25, -0.2) is 0 Å². The van der Waals surface area contributed by atoms with Crippen LogP contribution < -0.4 is 15.4 Å². The number of hydrogen-bond acceptors (Lipinski definition) is 3. The van der Waals surface area contributed by atoms with Gasteiger partial charge in [-0.2, -0.15) is 0 Å². The van der Waals surface area contributed by atoms with E-state index in [0.29, 0.717) is 0 Å². The Morgan fingerprint density at radius 2 is 2.04 bits per heavy atom. The number of halogens is 1. The maximum atomic E-state index is 5.18. The molecule has 1 saturated heterocycles. The van der Waals surface area contributed by atoms with E-state index in [1.54, 1.807) is 7.11 Å². The third kappa shape index (κ3) is 7.81. The maximum Gasteiger partial charge on any atom is 0.190 e. The molecule has 0 radical (unpaired) electrons. The molecule has 1 aliphatic rings. The molecule has 5 nitrogen and oxygen atoms in total. The number of likely N-dealkylation sites (tertiary alicyclic amines) is 1. The molecule has 2 rings (SSSR count). The van der Waals surface area contributed by atoms with E-state index in [1.165, 1.54) is 38.0 Å². The molecule has 1 unspecified atom stereocenters. The Morgan fingerprint density at radius 3 is 2.68 bits per heavy atom. The van der Waals surface area contributed by atoms with Gasteiger partial charge in [-0.1, -0.05) is 19.1 Å². The summed E-state index contributed by atoms with van der Waals surface area (Å²) in [6.45, 7) is 7.81. The molecule has 0 aromatic heterocycles. The van der Waals surface area contributed by atoms with E-state index in [-0.39, 0.29) is 24.0 Å². The largest absolute Gasteiger partial charge is 0.497 e. The van der Waals surface area contributed by atoms with E-state index in [2.05, 4.69) is 39.6 Å². The van der Waals surface area contributed by atoms with Crippen LogP contribution in [0.5, 0.6) is 5.75 Å². The molecule has 6 heteroatoms. The summed E-state index contributed by atoms with van der Waals surface area (Å²) in [6.07, 6.45) is 3.50. The molecule has 2 N–H and O–H groups in total. The number of rotatable bonds is 8. The van der Waals surface area contributed by atoms with Crippen LogP contribution in [0.25, 0.3) is 0 Å². The second-order valence-electron chi connectivity index (χ2n) is 6.43. The van der Waals surface area contributed by atoms with E-state index in [0.717, 1.165) is 37.1 Å². The lowest BCUT2D eigenvalue weighted by Crippen LogP contribution is -2.41. The van der Waals surface area contributed by atoms with Crippen molar-refractivity contribution in [2.75, 3.05) is 46.9 Å². The van der Waals surface area contributed by atoms with Gasteiger partial charge in [0.15, 0.2) is 5.96 Å². The number of benzene rings is 1. The smallest absolute Gasteiger partial charge is 0.190 e. The van der Waals surface area contributed by atoms with Gasteiger partial charge in [0.25, 0.3) is 0 Å². The topological polar surface area (TPSA) is 48.9 Å². The molecule has 1 heterocycles. The Hall–Kier alpha value is -1.02. The number of methoxy groups -OCH3 is 1. The fraction of sp³-hybridized carbons (Fsp3) is 0.632. The van der Waals surface area contributed by atoms with E-state index < -0.39 is 0 Å². The lowest BCUT2D eigenvalue weighted by molar-refractivity contribution is 0.324. The van der Waals surface area contributed by atoms with Gasteiger partial charge in [0.1, 0.15) is 5.75 Å². The Morgan fingerprint density at radius 1 is 1.28 bits per heavy atom. The number of aliphatic imine (C=N–C) groups is 1. The van der Waals surface area contributed by atoms with Crippen molar-refractivity contribution in [1.82, 2.24) is 15.5 Å². The van der Waals surface area contributed by atoms with Crippen LogP contribution >= 0.6 is 24.0 Å². The molecule has 1 fully saturated rings. The van der Waals surface area contributed by atoms with Gasteiger partial charge in [-0.3, -0.25) is 4.99 Å². The lowest BCUT2D eigenvalue weighted by atomic mass is 10.1. The first-order valence-electron chi connectivity index (χ1n) is 9.05. The van der Waals surface area contributed by atoms with Gasteiger partial charge in [-0.15, -0.1) is 24.0 Å². The normalized spacial score (nSPS) is 17.9. The predicted molar refractivity (Wildman–Crippen MR) is 116 cm³/mol. The monoisotopic (exact) mass is 460 g/mol. The van der Waals surface area contributed by atoms with Crippen molar-refractivity contribution in [3.8, 4) is 5.75 Å². The van der Waals surface area contributed by atoms with Crippen LogP contribution in [0.1, 0.15) is 25.3 Å². The van der Waals surface area contributed by atoms with Gasteiger partial charge < -0.3 is 20.3 Å². The zero-order valence-electron chi connectivity index (χ0n) is 15.8. The van der Waals surface area contributed by atoms with Crippen molar-refractivity contribution >= 4 is 29.9 Å². The molecule has 1 aromatic rings. The lowest BCUT2D eigenvalue weighted by Gasteiger charge is -2.17.